The first-order valence-corrected chi connectivity index (χ1v) is 14.9. The molecule has 3 aromatic rings. The van der Waals surface area contributed by atoms with Crippen LogP contribution in [0.2, 0.25) is 5.02 Å². The molecule has 1 unspecified atom stereocenters. The summed E-state index contributed by atoms with van der Waals surface area (Å²) in [6.07, 6.45) is 1.09. The van der Waals surface area contributed by atoms with Crippen molar-refractivity contribution in [3.8, 4) is 0 Å². The van der Waals surface area contributed by atoms with Gasteiger partial charge in [-0.2, -0.15) is 0 Å². The molecule has 0 heterocycles. The smallest absolute Gasteiger partial charge is 0.264 e. The van der Waals surface area contributed by atoms with Crippen molar-refractivity contribution in [2.75, 3.05) is 17.4 Å². The Hall–Kier alpha value is -3.36. The highest BCUT2D eigenvalue weighted by Crippen LogP contribution is 2.28. The van der Waals surface area contributed by atoms with Crippen molar-refractivity contribution in [2.24, 2.45) is 0 Å². The van der Waals surface area contributed by atoms with Gasteiger partial charge < -0.3 is 10.2 Å². The van der Waals surface area contributed by atoms with Crippen LogP contribution < -0.4 is 9.62 Å². The number of anilines is 1. The van der Waals surface area contributed by atoms with Crippen molar-refractivity contribution in [3.05, 3.63) is 94.5 Å². The van der Waals surface area contributed by atoms with E-state index in [1.165, 1.54) is 17.0 Å². The van der Waals surface area contributed by atoms with Crippen molar-refractivity contribution in [1.82, 2.24) is 10.2 Å². The first-order valence-electron chi connectivity index (χ1n) is 13.1. The zero-order valence-electron chi connectivity index (χ0n) is 22.9. The van der Waals surface area contributed by atoms with Gasteiger partial charge in [-0.3, -0.25) is 13.9 Å². The summed E-state index contributed by atoms with van der Waals surface area (Å²) in [6.45, 7) is 7.49. The van der Waals surface area contributed by atoms with Crippen molar-refractivity contribution in [2.45, 2.75) is 58.0 Å². The summed E-state index contributed by atoms with van der Waals surface area (Å²) in [5.41, 5.74) is 2.68. The van der Waals surface area contributed by atoms with Crippen LogP contribution in [0.5, 0.6) is 0 Å². The molecule has 0 bridgehead atoms. The summed E-state index contributed by atoms with van der Waals surface area (Å²) in [6, 6.07) is 19.8. The number of halogens is 1. The highest BCUT2D eigenvalue weighted by molar-refractivity contribution is 7.92. The lowest BCUT2D eigenvalue weighted by atomic mass is 10.1. The minimum atomic E-state index is -4.11. The van der Waals surface area contributed by atoms with Gasteiger partial charge in [0.15, 0.2) is 0 Å². The Balaban J connectivity index is 2.07. The van der Waals surface area contributed by atoms with Gasteiger partial charge in [-0.05, 0) is 62.1 Å². The molecule has 208 valence electrons. The Morgan fingerprint density at radius 1 is 0.923 bits per heavy atom. The fourth-order valence-corrected chi connectivity index (χ4v) is 5.96. The number of hydrogen-bond acceptors (Lipinski definition) is 4. The number of nitrogens with zero attached hydrogens (tertiary/aromatic N) is 2. The fraction of sp³-hybridized carbons (Fsp3) is 0.333. The lowest BCUT2D eigenvalue weighted by Crippen LogP contribution is -2.52. The molecule has 0 aliphatic rings. The zero-order chi connectivity index (χ0) is 28.6. The molecular formula is C30H36ClN3O4S. The topological polar surface area (TPSA) is 86.8 Å². The number of carbonyl (C=O) groups is 2. The molecule has 9 heteroatoms. The third-order valence-corrected chi connectivity index (χ3v) is 8.65. The van der Waals surface area contributed by atoms with Gasteiger partial charge in [-0.1, -0.05) is 79.5 Å². The van der Waals surface area contributed by atoms with Crippen molar-refractivity contribution < 1.29 is 18.0 Å². The van der Waals surface area contributed by atoms with Crippen LogP contribution in [0.3, 0.4) is 0 Å². The van der Waals surface area contributed by atoms with Gasteiger partial charge in [-0.15, -0.1) is 0 Å². The summed E-state index contributed by atoms with van der Waals surface area (Å²) in [7, 11) is -4.11. The van der Waals surface area contributed by atoms with Gasteiger partial charge in [0.05, 0.1) is 10.6 Å². The van der Waals surface area contributed by atoms with Crippen molar-refractivity contribution >= 4 is 39.1 Å². The average molecular weight is 570 g/mol. The quantitative estimate of drug-likeness (QED) is 0.313. The second kappa shape index (κ2) is 13.6. The van der Waals surface area contributed by atoms with E-state index in [0.29, 0.717) is 34.8 Å². The summed E-state index contributed by atoms with van der Waals surface area (Å²) >= 11 is 6.43. The van der Waals surface area contributed by atoms with E-state index in [4.69, 9.17) is 11.6 Å². The van der Waals surface area contributed by atoms with Crippen LogP contribution in [0.25, 0.3) is 0 Å². The van der Waals surface area contributed by atoms with Crippen LogP contribution >= 0.6 is 11.6 Å². The molecule has 0 aliphatic carbocycles. The molecule has 3 rings (SSSR count). The number of aryl methyl sites for hydroxylation is 2. The molecule has 0 saturated heterocycles. The normalized spacial score (nSPS) is 12.0. The maximum atomic E-state index is 14.1. The van der Waals surface area contributed by atoms with Crippen LogP contribution in [-0.2, 0) is 26.2 Å². The van der Waals surface area contributed by atoms with E-state index in [1.54, 1.807) is 55.5 Å². The maximum absolute atomic E-state index is 14.1. The SMILES string of the molecule is CCCNC(=O)C(CC)N(Cc1ccccc1Cl)C(=O)CN(c1ccccc1C)S(=O)(=O)c1ccc(C)cc1. The van der Waals surface area contributed by atoms with E-state index in [2.05, 4.69) is 5.32 Å². The lowest BCUT2D eigenvalue weighted by molar-refractivity contribution is -0.140. The Bertz CT molecular complexity index is 1390. The summed E-state index contributed by atoms with van der Waals surface area (Å²) in [5.74, 6) is -0.795. The molecule has 0 spiro atoms. The number of para-hydroxylation sites is 1. The monoisotopic (exact) mass is 569 g/mol. The molecule has 0 aromatic heterocycles. The van der Waals surface area contributed by atoms with Crippen LogP contribution in [-0.4, -0.2) is 44.3 Å². The number of rotatable bonds is 12. The Morgan fingerprint density at radius 3 is 2.18 bits per heavy atom. The van der Waals surface area contributed by atoms with E-state index in [0.717, 1.165) is 16.3 Å². The minimum absolute atomic E-state index is 0.0583. The molecule has 1 atom stereocenters. The third-order valence-electron chi connectivity index (χ3n) is 6.51. The van der Waals surface area contributed by atoms with Gasteiger partial charge in [0.2, 0.25) is 11.8 Å². The summed E-state index contributed by atoms with van der Waals surface area (Å²) in [4.78, 5) is 28.7. The average Bonchev–Trinajstić information content (AvgIpc) is 2.92. The highest BCUT2D eigenvalue weighted by Gasteiger charge is 2.34. The molecule has 0 fully saturated rings. The van der Waals surface area contributed by atoms with Gasteiger partial charge in [0.1, 0.15) is 12.6 Å². The standard InChI is InChI=1S/C30H36ClN3O4S/c1-5-19-32-30(36)27(6-2)33(20-24-12-8-9-13-26(24)31)29(35)21-34(28-14-10-7-11-23(28)4)39(37,38)25-17-15-22(3)16-18-25/h7-18,27H,5-6,19-21H2,1-4H3,(H,32,36). The second-order valence-corrected chi connectivity index (χ2v) is 11.7. The molecule has 0 aliphatic heterocycles. The van der Waals surface area contributed by atoms with Crippen LogP contribution in [0.4, 0.5) is 5.69 Å². The van der Waals surface area contributed by atoms with E-state index in [1.807, 2.05) is 32.9 Å². The number of carbonyl (C=O) groups excluding carboxylic acids is 2. The Kier molecular flexibility index (Phi) is 10.5. The van der Waals surface area contributed by atoms with E-state index in [9.17, 15) is 18.0 Å². The highest BCUT2D eigenvalue weighted by atomic mass is 35.5. The van der Waals surface area contributed by atoms with E-state index < -0.39 is 28.5 Å². The first-order chi connectivity index (χ1) is 18.6. The van der Waals surface area contributed by atoms with Crippen LogP contribution in [0, 0.1) is 13.8 Å². The first kappa shape index (κ1) is 30.2. The predicted octanol–water partition coefficient (Wildman–Crippen LogP) is 5.49. The maximum Gasteiger partial charge on any atom is 0.264 e. The number of nitrogens with one attached hydrogen (secondary N) is 1. The zero-order valence-corrected chi connectivity index (χ0v) is 24.4. The van der Waals surface area contributed by atoms with Gasteiger partial charge in [0, 0.05) is 18.1 Å². The summed E-state index contributed by atoms with van der Waals surface area (Å²) < 4.78 is 29.0. The Morgan fingerprint density at radius 2 is 1.56 bits per heavy atom. The second-order valence-electron chi connectivity index (χ2n) is 9.44. The number of benzene rings is 3. The van der Waals surface area contributed by atoms with E-state index in [-0.39, 0.29) is 17.3 Å². The van der Waals surface area contributed by atoms with Gasteiger partial charge in [0.25, 0.3) is 10.0 Å². The third kappa shape index (κ3) is 7.40. The fourth-order valence-electron chi connectivity index (χ4n) is 4.29. The molecule has 39 heavy (non-hydrogen) atoms. The van der Waals surface area contributed by atoms with Gasteiger partial charge in [-0.25, -0.2) is 8.42 Å². The largest absolute Gasteiger partial charge is 0.354 e. The number of sulfonamides is 1. The van der Waals surface area contributed by atoms with E-state index >= 15 is 0 Å². The van der Waals surface area contributed by atoms with Crippen LogP contribution in [0.1, 0.15) is 43.4 Å². The molecule has 1 N–H and O–H groups in total. The molecule has 3 aromatic carbocycles. The molecule has 2 amide bonds. The molecular weight excluding hydrogens is 534 g/mol. The van der Waals surface area contributed by atoms with Crippen LogP contribution in [0.15, 0.2) is 77.7 Å². The minimum Gasteiger partial charge on any atom is -0.354 e. The summed E-state index contributed by atoms with van der Waals surface area (Å²) in [5, 5.41) is 3.34. The predicted molar refractivity (Wildman–Crippen MR) is 156 cm³/mol. The van der Waals surface area contributed by atoms with Gasteiger partial charge >= 0.3 is 0 Å². The molecule has 0 saturated carbocycles. The Labute approximate surface area is 236 Å². The molecule has 7 nitrogen and oxygen atoms in total. The van der Waals surface area contributed by atoms with Crippen molar-refractivity contribution in [3.63, 3.8) is 0 Å². The molecule has 0 radical (unpaired) electrons. The number of hydrogen-bond donors (Lipinski definition) is 1. The lowest BCUT2D eigenvalue weighted by Gasteiger charge is -2.33. The van der Waals surface area contributed by atoms with Crippen molar-refractivity contribution in [1.29, 1.82) is 0 Å². The number of amides is 2.